The average molecular weight is 191 g/mol. The summed E-state index contributed by atoms with van der Waals surface area (Å²) in [6, 6.07) is 0. The third-order valence-electron chi connectivity index (χ3n) is 1.39. The van der Waals surface area contributed by atoms with Crippen molar-refractivity contribution in [3.05, 3.63) is 23.5 Å². The highest BCUT2D eigenvalue weighted by Crippen LogP contribution is 2.30. The van der Waals surface area contributed by atoms with Crippen LogP contribution in [0.25, 0.3) is 6.08 Å². The third-order valence-corrected chi connectivity index (χ3v) is 1.39. The van der Waals surface area contributed by atoms with Crippen molar-refractivity contribution in [2.45, 2.75) is 6.18 Å². The van der Waals surface area contributed by atoms with Crippen LogP contribution in [0.2, 0.25) is 0 Å². The monoisotopic (exact) mass is 191 g/mol. The van der Waals surface area contributed by atoms with Crippen molar-refractivity contribution >= 4 is 6.08 Å². The van der Waals surface area contributed by atoms with E-state index in [4.69, 9.17) is 5.73 Å². The predicted molar refractivity (Wildman–Crippen MR) is 41.7 cm³/mol. The number of alkyl halides is 3. The van der Waals surface area contributed by atoms with Gasteiger partial charge < -0.3 is 5.73 Å². The minimum atomic E-state index is -4.40. The molecule has 0 aromatic carbocycles. The van der Waals surface area contributed by atoms with Crippen LogP contribution in [-0.4, -0.2) is 16.7 Å². The Morgan fingerprint density at radius 3 is 2.77 bits per heavy atom. The van der Waals surface area contributed by atoms with Crippen molar-refractivity contribution in [3.63, 3.8) is 0 Å². The van der Waals surface area contributed by atoms with Gasteiger partial charge in [-0.2, -0.15) is 18.3 Å². The van der Waals surface area contributed by atoms with Crippen LogP contribution < -0.4 is 5.73 Å². The zero-order valence-corrected chi connectivity index (χ0v) is 6.60. The summed E-state index contributed by atoms with van der Waals surface area (Å²) >= 11 is 0. The van der Waals surface area contributed by atoms with E-state index in [1.54, 1.807) is 0 Å². The molecule has 0 unspecified atom stereocenters. The second-order valence-corrected chi connectivity index (χ2v) is 2.34. The Labute approximate surface area is 72.4 Å². The van der Waals surface area contributed by atoms with E-state index < -0.39 is 11.9 Å². The Balaban J connectivity index is 2.96. The molecule has 0 aliphatic rings. The molecule has 13 heavy (non-hydrogen) atoms. The molecule has 0 spiro atoms. The van der Waals surface area contributed by atoms with Gasteiger partial charge in [-0.1, -0.05) is 12.2 Å². The Hall–Kier alpha value is -1.30. The molecule has 0 aliphatic heterocycles. The van der Waals surface area contributed by atoms with Crippen molar-refractivity contribution in [3.8, 4) is 0 Å². The number of hydrogen-bond donors (Lipinski definition) is 2. The lowest BCUT2D eigenvalue weighted by atomic mass is 10.2. The lowest BCUT2D eigenvalue weighted by molar-refractivity contribution is -0.141. The van der Waals surface area contributed by atoms with Gasteiger partial charge in [0.15, 0.2) is 0 Å². The first kappa shape index (κ1) is 9.79. The van der Waals surface area contributed by atoms with E-state index in [2.05, 4.69) is 5.10 Å². The number of aromatic amines is 1. The van der Waals surface area contributed by atoms with E-state index in [0.29, 0.717) is 0 Å². The van der Waals surface area contributed by atoms with Gasteiger partial charge >= 0.3 is 6.18 Å². The van der Waals surface area contributed by atoms with Crippen LogP contribution in [0.3, 0.4) is 0 Å². The molecule has 0 saturated heterocycles. The fraction of sp³-hybridized carbons (Fsp3) is 0.286. The molecule has 72 valence electrons. The van der Waals surface area contributed by atoms with Crippen molar-refractivity contribution in [1.82, 2.24) is 10.2 Å². The zero-order valence-electron chi connectivity index (χ0n) is 6.60. The maximum atomic E-state index is 12.2. The Bertz CT molecular complexity index is 300. The normalized spacial score (nSPS) is 12.6. The predicted octanol–water partition coefficient (Wildman–Crippen LogP) is 1.40. The molecule has 1 heterocycles. The molecule has 0 amide bonds. The van der Waals surface area contributed by atoms with Gasteiger partial charge in [0, 0.05) is 12.1 Å². The SMILES string of the molecule is NCC=Cc1cn[nH]c1C(F)(F)F. The van der Waals surface area contributed by atoms with E-state index >= 15 is 0 Å². The van der Waals surface area contributed by atoms with Crippen LogP contribution in [0.5, 0.6) is 0 Å². The number of H-pyrrole nitrogens is 1. The van der Waals surface area contributed by atoms with Crippen LogP contribution >= 0.6 is 0 Å². The van der Waals surface area contributed by atoms with E-state index in [1.165, 1.54) is 12.2 Å². The fourth-order valence-corrected chi connectivity index (χ4v) is 0.844. The van der Waals surface area contributed by atoms with Crippen LogP contribution in [-0.2, 0) is 6.18 Å². The number of aromatic nitrogens is 2. The van der Waals surface area contributed by atoms with Crippen molar-refractivity contribution in [2.75, 3.05) is 6.54 Å². The first-order valence-corrected chi connectivity index (χ1v) is 3.53. The number of rotatable bonds is 2. The van der Waals surface area contributed by atoms with E-state index in [1.807, 2.05) is 5.10 Å². The van der Waals surface area contributed by atoms with Crippen LogP contribution in [0.1, 0.15) is 11.3 Å². The summed E-state index contributed by atoms with van der Waals surface area (Å²) in [4.78, 5) is 0. The van der Waals surface area contributed by atoms with Gasteiger partial charge in [-0.3, -0.25) is 5.10 Å². The number of nitrogens with two attached hydrogens (primary N) is 1. The van der Waals surface area contributed by atoms with Crippen molar-refractivity contribution in [2.24, 2.45) is 5.73 Å². The molecule has 3 N–H and O–H groups in total. The van der Waals surface area contributed by atoms with Crippen LogP contribution in [0.4, 0.5) is 13.2 Å². The largest absolute Gasteiger partial charge is 0.433 e. The minimum Gasteiger partial charge on any atom is -0.327 e. The van der Waals surface area contributed by atoms with Gasteiger partial charge in [-0.25, -0.2) is 0 Å². The summed E-state index contributed by atoms with van der Waals surface area (Å²) in [6.45, 7) is 0.197. The summed E-state index contributed by atoms with van der Waals surface area (Å²) < 4.78 is 36.5. The highest BCUT2D eigenvalue weighted by molar-refractivity contribution is 5.51. The van der Waals surface area contributed by atoms with E-state index in [9.17, 15) is 13.2 Å². The van der Waals surface area contributed by atoms with Gasteiger partial charge in [0.2, 0.25) is 0 Å². The van der Waals surface area contributed by atoms with Crippen LogP contribution in [0, 0.1) is 0 Å². The number of nitrogens with one attached hydrogen (secondary N) is 1. The number of hydrogen-bond acceptors (Lipinski definition) is 2. The Morgan fingerprint density at radius 1 is 1.54 bits per heavy atom. The van der Waals surface area contributed by atoms with E-state index in [-0.39, 0.29) is 12.1 Å². The van der Waals surface area contributed by atoms with Crippen LogP contribution in [0.15, 0.2) is 12.3 Å². The van der Waals surface area contributed by atoms with Gasteiger partial charge in [-0.15, -0.1) is 0 Å². The maximum absolute atomic E-state index is 12.2. The zero-order chi connectivity index (χ0) is 9.90. The highest BCUT2D eigenvalue weighted by Gasteiger charge is 2.34. The summed E-state index contributed by atoms with van der Waals surface area (Å²) in [5.74, 6) is 0. The Morgan fingerprint density at radius 2 is 2.23 bits per heavy atom. The molecule has 0 saturated carbocycles. The number of nitrogens with zero attached hydrogens (tertiary/aromatic N) is 1. The third kappa shape index (κ3) is 2.32. The molecule has 1 aromatic rings. The molecular weight excluding hydrogens is 183 g/mol. The van der Waals surface area contributed by atoms with Crippen molar-refractivity contribution in [1.29, 1.82) is 0 Å². The maximum Gasteiger partial charge on any atom is 0.433 e. The molecule has 1 rings (SSSR count). The van der Waals surface area contributed by atoms with Gasteiger partial charge in [0.05, 0.1) is 6.20 Å². The van der Waals surface area contributed by atoms with Crippen molar-refractivity contribution < 1.29 is 13.2 Å². The first-order chi connectivity index (χ1) is 6.05. The quantitative estimate of drug-likeness (QED) is 0.742. The lowest BCUT2D eigenvalue weighted by Crippen LogP contribution is -2.07. The molecule has 3 nitrogen and oxygen atoms in total. The van der Waals surface area contributed by atoms with Gasteiger partial charge in [-0.05, 0) is 0 Å². The molecular formula is C7H8F3N3. The summed E-state index contributed by atoms with van der Waals surface area (Å²) in [6.07, 6.45) is -0.577. The second-order valence-electron chi connectivity index (χ2n) is 2.34. The lowest BCUT2D eigenvalue weighted by Gasteiger charge is -2.03. The van der Waals surface area contributed by atoms with E-state index in [0.717, 1.165) is 6.20 Å². The molecule has 0 fully saturated rings. The standard InChI is InChI=1S/C7H8F3N3/c8-7(9,10)6-5(2-1-3-11)4-12-13-6/h1-2,4H,3,11H2,(H,12,13). The number of halogens is 3. The first-order valence-electron chi connectivity index (χ1n) is 3.53. The molecule has 0 radical (unpaired) electrons. The van der Waals surface area contributed by atoms with Gasteiger partial charge in [0.25, 0.3) is 0 Å². The Kier molecular flexibility index (Phi) is 2.72. The summed E-state index contributed by atoms with van der Waals surface area (Å²) in [5, 5.41) is 5.19. The minimum absolute atomic E-state index is 0.00190. The smallest absolute Gasteiger partial charge is 0.327 e. The molecule has 0 atom stereocenters. The second kappa shape index (κ2) is 3.61. The molecule has 0 bridgehead atoms. The van der Waals surface area contributed by atoms with Gasteiger partial charge in [0.1, 0.15) is 5.69 Å². The molecule has 0 aliphatic carbocycles. The summed E-state index contributed by atoms with van der Waals surface area (Å²) in [5.41, 5.74) is 4.25. The molecule has 6 heteroatoms. The topological polar surface area (TPSA) is 54.7 Å². The summed E-state index contributed by atoms with van der Waals surface area (Å²) in [7, 11) is 0. The highest BCUT2D eigenvalue weighted by atomic mass is 19.4. The average Bonchev–Trinajstić information content (AvgIpc) is 2.47. The fourth-order valence-electron chi connectivity index (χ4n) is 0.844. The molecule has 1 aromatic heterocycles.